The number of rotatable bonds is 6. The van der Waals surface area contributed by atoms with Gasteiger partial charge in [-0.3, -0.25) is 0 Å². The van der Waals surface area contributed by atoms with Crippen molar-refractivity contribution in [1.82, 2.24) is 14.1 Å². The fourth-order valence-electron chi connectivity index (χ4n) is 3.47. The zero-order valence-electron chi connectivity index (χ0n) is 15.2. The van der Waals surface area contributed by atoms with E-state index in [4.69, 9.17) is 0 Å². The normalized spacial score (nSPS) is 11.0. The second-order valence-electron chi connectivity index (χ2n) is 6.58. The number of nitrogens with zero attached hydrogens (tertiary/aromatic N) is 3. The molecule has 2 aromatic carbocycles. The molecule has 0 atom stereocenters. The SMILES string of the molecule is Oc1ccccc1-c1c(-c2ccccc2)c(O)c(O)n1CCCn1ccnc1. The number of aromatic nitrogens is 3. The standard InChI is InChI=1S/C22H21N3O3/c26-18-10-5-4-9-17(18)20-19(16-7-2-1-3-8-16)21(27)22(28)25(20)13-6-12-24-14-11-23-15-24/h1-5,7-11,14-15,26-28H,6,12-13H2. The maximum absolute atomic E-state index is 10.7. The number of phenols is 1. The van der Waals surface area contributed by atoms with Gasteiger partial charge in [-0.15, -0.1) is 0 Å². The van der Waals surface area contributed by atoms with Gasteiger partial charge in [0.15, 0.2) is 5.75 Å². The molecule has 0 aliphatic rings. The molecular weight excluding hydrogens is 354 g/mol. The van der Waals surface area contributed by atoms with Gasteiger partial charge in [-0.2, -0.15) is 0 Å². The van der Waals surface area contributed by atoms with E-state index in [1.165, 1.54) is 0 Å². The van der Waals surface area contributed by atoms with Gasteiger partial charge in [-0.05, 0) is 24.1 Å². The highest BCUT2D eigenvalue weighted by Gasteiger charge is 2.25. The number of phenolic OH excluding ortho intramolecular Hbond substituents is 1. The summed E-state index contributed by atoms with van der Waals surface area (Å²) in [6.07, 6.45) is 6.06. The van der Waals surface area contributed by atoms with Gasteiger partial charge in [0.05, 0.1) is 17.6 Å². The molecule has 0 aliphatic carbocycles. The summed E-state index contributed by atoms with van der Waals surface area (Å²) in [6, 6.07) is 16.3. The van der Waals surface area contributed by atoms with Crippen molar-refractivity contribution in [3.8, 4) is 39.8 Å². The van der Waals surface area contributed by atoms with Crippen molar-refractivity contribution < 1.29 is 15.3 Å². The number of benzene rings is 2. The van der Waals surface area contributed by atoms with Crippen LogP contribution in [0.3, 0.4) is 0 Å². The number of imidazole rings is 1. The average Bonchev–Trinajstić information content (AvgIpc) is 3.31. The molecule has 0 amide bonds. The average molecular weight is 375 g/mol. The lowest BCUT2D eigenvalue weighted by atomic mass is 10.00. The Morgan fingerprint density at radius 2 is 1.61 bits per heavy atom. The first-order valence-electron chi connectivity index (χ1n) is 9.10. The van der Waals surface area contributed by atoms with Crippen LogP contribution in [-0.4, -0.2) is 29.4 Å². The van der Waals surface area contributed by atoms with Crippen molar-refractivity contribution in [2.75, 3.05) is 0 Å². The first kappa shape index (κ1) is 17.7. The summed E-state index contributed by atoms with van der Waals surface area (Å²) in [4.78, 5) is 4.03. The Kier molecular flexibility index (Phi) is 4.76. The highest BCUT2D eigenvalue weighted by Crippen LogP contribution is 2.48. The van der Waals surface area contributed by atoms with Crippen LogP contribution in [0.4, 0.5) is 0 Å². The van der Waals surface area contributed by atoms with Gasteiger partial charge in [0.25, 0.3) is 0 Å². The Morgan fingerprint density at radius 1 is 0.857 bits per heavy atom. The summed E-state index contributed by atoms with van der Waals surface area (Å²) in [5.41, 5.74) is 2.41. The summed E-state index contributed by atoms with van der Waals surface area (Å²) in [7, 11) is 0. The third kappa shape index (κ3) is 3.20. The molecule has 6 heteroatoms. The second kappa shape index (κ2) is 7.52. The first-order chi connectivity index (χ1) is 13.7. The van der Waals surface area contributed by atoms with Crippen LogP contribution in [0.15, 0.2) is 73.3 Å². The van der Waals surface area contributed by atoms with Crippen molar-refractivity contribution in [2.45, 2.75) is 19.5 Å². The molecule has 2 aromatic heterocycles. The van der Waals surface area contributed by atoms with Crippen molar-refractivity contribution in [3.05, 3.63) is 73.3 Å². The fourth-order valence-corrected chi connectivity index (χ4v) is 3.47. The zero-order chi connectivity index (χ0) is 19.5. The minimum Gasteiger partial charge on any atom is -0.507 e. The maximum Gasteiger partial charge on any atom is 0.235 e. The van der Waals surface area contributed by atoms with E-state index >= 15 is 0 Å². The molecule has 6 nitrogen and oxygen atoms in total. The lowest BCUT2D eigenvalue weighted by Crippen LogP contribution is -2.04. The smallest absolute Gasteiger partial charge is 0.235 e. The summed E-state index contributed by atoms with van der Waals surface area (Å²) in [5.74, 6) is -0.303. The molecule has 0 radical (unpaired) electrons. The molecule has 4 aromatic rings. The zero-order valence-corrected chi connectivity index (χ0v) is 15.2. The summed E-state index contributed by atoms with van der Waals surface area (Å²) >= 11 is 0. The molecule has 4 rings (SSSR count). The molecule has 0 unspecified atom stereocenters. The number of hydrogen-bond acceptors (Lipinski definition) is 4. The van der Waals surface area contributed by atoms with E-state index in [1.807, 2.05) is 47.2 Å². The van der Waals surface area contributed by atoms with E-state index in [-0.39, 0.29) is 17.4 Å². The summed E-state index contributed by atoms with van der Waals surface area (Å²) < 4.78 is 3.61. The number of para-hydroxylation sites is 1. The van der Waals surface area contributed by atoms with E-state index in [0.29, 0.717) is 29.8 Å². The predicted molar refractivity (Wildman–Crippen MR) is 107 cm³/mol. The lowest BCUT2D eigenvalue weighted by Gasteiger charge is -2.13. The van der Waals surface area contributed by atoms with Gasteiger partial charge < -0.3 is 24.5 Å². The Hall–Kier alpha value is -3.67. The highest BCUT2D eigenvalue weighted by atomic mass is 16.3. The predicted octanol–water partition coefficient (Wildman–Crippen LogP) is 4.23. The third-order valence-electron chi connectivity index (χ3n) is 4.79. The molecule has 28 heavy (non-hydrogen) atoms. The van der Waals surface area contributed by atoms with Gasteiger partial charge >= 0.3 is 0 Å². The van der Waals surface area contributed by atoms with Crippen LogP contribution in [0.2, 0.25) is 0 Å². The van der Waals surface area contributed by atoms with Crippen LogP contribution < -0.4 is 0 Å². The maximum atomic E-state index is 10.7. The molecule has 0 saturated heterocycles. The van der Waals surface area contributed by atoms with Crippen molar-refractivity contribution in [2.24, 2.45) is 0 Å². The van der Waals surface area contributed by atoms with Gasteiger partial charge in [0.2, 0.25) is 5.88 Å². The minimum absolute atomic E-state index is 0.0908. The van der Waals surface area contributed by atoms with E-state index in [2.05, 4.69) is 4.98 Å². The van der Waals surface area contributed by atoms with E-state index < -0.39 is 0 Å². The van der Waals surface area contributed by atoms with Crippen LogP contribution in [0.25, 0.3) is 22.4 Å². The van der Waals surface area contributed by atoms with Gasteiger partial charge in [0.1, 0.15) is 5.75 Å². The number of hydrogen-bond donors (Lipinski definition) is 3. The van der Waals surface area contributed by atoms with Crippen molar-refractivity contribution in [3.63, 3.8) is 0 Å². The molecule has 3 N–H and O–H groups in total. The first-order valence-corrected chi connectivity index (χ1v) is 9.10. The second-order valence-corrected chi connectivity index (χ2v) is 6.58. The van der Waals surface area contributed by atoms with Crippen LogP contribution in [0.1, 0.15) is 6.42 Å². The topological polar surface area (TPSA) is 83.4 Å². The molecular formula is C22H21N3O3. The lowest BCUT2D eigenvalue weighted by molar-refractivity contribution is 0.368. The number of aryl methyl sites for hydroxylation is 1. The van der Waals surface area contributed by atoms with Crippen molar-refractivity contribution in [1.29, 1.82) is 0 Å². The van der Waals surface area contributed by atoms with E-state index in [9.17, 15) is 15.3 Å². The Bertz CT molecular complexity index is 1070. The van der Waals surface area contributed by atoms with Crippen LogP contribution >= 0.6 is 0 Å². The molecule has 0 saturated carbocycles. The molecule has 0 aliphatic heterocycles. The van der Waals surface area contributed by atoms with E-state index in [0.717, 1.165) is 12.1 Å². The molecule has 0 spiro atoms. The fraction of sp³-hybridized carbons (Fsp3) is 0.136. The largest absolute Gasteiger partial charge is 0.507 e. The van der Waals surface area contributed by atoms with Crippen LogP contribution in [0, 0.1) is 0 Å². The Balaban J connectivity index is 1.82. The molecule has 2 heterocycles. The van der Waals surface area contributed by atoms with Crippen LogP contribution in [0.5, 0.6) is 17.4 Å². The minimum atomic E-state index is -0.206. The van der Waals surface area contributed by atoms with E-state index in [1.54, 1.807) is 35.3 Å². The monoisotopic (exact) mass is 375 g/mol. The quantitative estimate of drug-likeness (QED) is 0.471. The summed E-state index contributed by atoms with van der Waals surface area (Å²) in [5, 5.41) is 31.8. The van der Waals surface area contributed by atoms with Gasteiger partial charge in [0, 0.05) is 31.0 Å². The number of aromatic hydroxyl groups is 3. The molecule has 142 valence electrons. The summed E-state index contributed by atoms with van der Waals surface area (Å²) in [6.45, 7) is 1.19. The Morgan fingerprint density at radius 3 is 2.32 bits per heavy atom. The van der Waals surface area contributed by atoms with Crippen LogP contribution in [-0.2, 0) is 13.1 Å². The molecule has 0 fully saturated rings. The Labute approximate surface area is 162 Å². The van der Waals surface area contributed by atoms with Gasteiger partial charge in [-0.25, -0.2) is 4.98 Å². The molecule has 0 bridgehead atoms. The third-order valence-corrected chi connectivity index (χ3v) is 4.79. The highest BCUT2D eigenvalue weighted by molar-refractivity contribution is 5.90. The van der Waals surface area contributed by atoms with Crippen molar-refractivity contribution >= 4 is 0 Å². The van der Waals surface area contributed by atoms with Gasteiger partial charge in [-0.1, -0.05) is 42.5 Å².